The summed E-state index contributed by atoms with van der Waals surface area (Å²) < 4.78 is 4.62. The van der Waals surface area contributed by atoms with E-state index < -0.39 is 0 Å². The third-order valence-electron chi connectivity index (χ3n) is 2.48. The van der Waals surface area contributed by atoms with Gasteiger partial charge in [0, 0.05) is 0 Å². The Morgan fingerprint density at radius 3 is 2.00 bits per heavy atom. The van der Waals surface area contributed by atoms with Gasteiger partial charge in [-0.2, -0.15) is 0 Å². The molecule has 0 atom stereocenters. The monoisotopic (exact) mass is 350 g/mol. The van der Waals surface area contributed by atoms with Gasteiger partial charge in [0.25, 0.3) is 0 Å². The molecule has 0 N–H and O–H groups in total. The molecular formula is C15H11IO2. The molecule has 0 aliphatic heterocycles. The van der Waals surface area contributed by atoms with E-state index in [2.05, 4.69) is 3.07 Å². The van der Waals surface area contributed by atoms with Crippen LogP contribution in [0, 0.1) is 0 Å². The molecule has 0 spiro atoms. The topological polar surface area (TPSA) is 26.3 Å². The van der Waals surface area contributed by atoms with E-state index in [4.69, 9.17) is 0 Å². The van der Waals surface area contributed by atoms with Crippen LogP contribution in [0.5, 0.6) is 0 Å². The summed E-state index contributed by atoms with van der Waals surface area (Å²) in [6.07, 6.45) is 4.04. The Balaban J connectivity index is 2.11. The molecule has 2 rings (SSSR count). The third-order valence-corrected chi connectivity index (χ3v) is 2.88. The van der Waals surface area contributed by atoms with Gasteiger partial charge in [-0.3, -0.25) is 0 Å². The van der Waals surface area contributed by atoms with Crippen molar-refractivity contribution in [1.82, 2.24) is 0 Å². The molecule has 90 valence electrons. The number of hydrogen-bond acceptors (Lipinski definition) is 2. The quantitative estimate of drug-likeness (QED) is 0.607. The van der Waals surface area contributed by atoms with Crippen LogP contribution in [0.25, 0.3) is 12.2 Å². The Morgan fingerprint density at radius 2 is 1.44 bits per heavy atom. The average Bonchev–Trinajstić information content (AvgIpc) is 2.46. The highest BCUT2D eigenvalue weighted by molar-refractivity contribution is 14.1. The minimum atomic E-state index is -0.325. The second-order valence-electron chi connectivity index (χ2n) is 3.73. The van der Waals surface area contributed by atoms with Crippen molar-refractivity contribution in [2.75, 3.05) is 0 Å². The van der Waals surface area contributed by atoms with E-state index in [1.807, 2.05) is 54.6 Å². The number of halogens is 1. The van der Waals surface area contributed by atoms with Crippen LogP contribution in [0.3, 0.4) is 0 Å². The van der Waals surface area contributed by atoms with Crippen molar-refractivity contribution in [3.8, 4) is 0 Å². The number of hydrogen-bond donors (Lipinski definition) is 0. The predicted octanol–water partition coefficient (Wildman–Crippen LogP) is 4.36. The van der Waals surface area contributed by atoms with Crippen molar-refractivity contribution in [3.05, 3.63) is 71.3 Å². The molecule has 2 nitrogen and oxygen atoms in total. The summed E-state index contributed by atoms with van der Waals surface area (Å²) in [4.78, 5) is 11.3. The van der Waals surface area contributed by atoms with Crippen LogP contribution in [0.15, 0.2) is 54.6 Å². The highest BCUT2D eigenvalue weighted by Gasteiger charge is 2.03. The smallest absolute Gasteiger partial charge is 0.347 e. The van der Waals surface area contributed by atoms with Gasteiger partial charge < -0.3 is 3.07 Å². The fourth-order valence-corrected chi connectivity index (χ4v) is 1.79. The Bertz CT molecular complexity index is 544. The summed E-state index contributed by atoms with van der Waals surface area (Å²) in [5.41, 5.74) is 2.75. The first-order chi connectivity index (χ1) is 8.79. The normalized spacial score (nSPS) is 10.5. The molecule has 0 fully saturated rings. The van der Waals surface area contributed by atoms with E-state index in [-0.39, 0.29) is 5.97 Å². The molecule has 0 aliphatic carbocycles. The minimum absolute atomic E-state index is 0.325. The molecule has 0 radical (unpaired) electrons. The van der Waals surface area contributed by atoms with E-state index in [1.165, 1.54) is 0 Å². The Hall–Kier alpha value is -1.62. The maximum absolute atomic E-state index is 11.3. The highest BCUT2D eigenvalue weighted by atomic mass is 127. The van der Waals surface area contributed by atoms with E-state index >= 15 is 0 Å². The van der Waals surface area contributed by atoms with Crippen molar-refractivity contribution in [1.29, 1.82) is 0 Å². The second kappa shape index (κ2) is 6.35. The summed E-state index contributed by atoms with van der Waals surface area (Å²) in [7, 11) is 0. The Morgan fingerprint density at radius 1 is 0.889 bits per heavy atom. The first-order valence-corrected chi connectivity index (χ1v) is 6.34. The van der Waals surface area contributed by atoms with Crippen molar-refractivity contribution < 1.29 is 7.86 Å². The highest BCUT2D eigenvalue weighted by Crippen LogP contribution is 2.11. The summed E-state index contributed by atoms with van der Waals surface area (Å²) in [6, 6.07) is 17.4. The lowest BCUT2D eigenvalue weighted by Crippen LogP contribution is -1.96. The van der Waals surface area contributed by atoms with Crippen molar-refractivity contribution in [2.24, 2.45) is 0 Å². The molecule has 0 aliphatic rings. The van der Waals surface area contributed by atoms with Gasteiger partial charge in [0.2, 0.25) is 0 Å². The second-order valence-corrected chi connectivity index (χ2v) is 4.17. The van der Waals surface area contributed by atoms with Crippen molar-refractivity contribution in [3.63, 3.8) is 0 Å². The molecule has 0 unspecified atom stereocenters. The molecule has 0 heterocycles. The Kier molecular flexibility index (Phi) is 4.52. The standard InChI is InChI=1S/C15H11IO2/c16-18-15(17)14-10-8-13(9-11-14)7-6-12-4-2-1-3-5-12/h1-11H/b7-6-. The molecule has 2 aromatic carbocycles. The molecule has 0 saturated heterocycles. The van der Waals surface area contributed by atoms with Crippen molar-refractivity contribution >= 4 is 41.1 Å². The van der Waals surface area contributed by atoms with Gasteiger partial charge in [-0.25, -0.2) is 4.79 Å². The number of carbonyl (C=O) groups is 1. The molecular weight excluding hydrogens is 339 g/mol. The molecule has 0 bridgehead atoms. The van der Waals surface area contributed by atoms with Gasteiger partial charge in [-0.15, -0.1) is 0 Å². The average molecular weight is 350 g/mol. The maximum Gasteiger partial charge on any atom is 0.347 e. The van der Waals surface area contributed by atoms with Gasteiger partial charge in [-0.05, 0) is 23.3 Å². The van der Waals surface area contributed by atoms with E-state index in [9.17, 15) is 4.79 Å². The fourth-order valence-electron chi connectivity index (χ4n) is 1.53. The largest absolute Gasteiger partial charge is 0.391 e. The SMILES string of the molecule is O=C(OI)c1ccc(/C=C\c2ccccc2)cc1. The molecule has 18 heavy (non-hydrogen) atoms. The summed E-state index contributed by atoms with van der Waals surface area (Å²) in [6.45, 7) is 0. The summed E-state index contributed by atoms with van der Waals surface area (Å²) >= 11 is 1.59. The van der Waals surface area contributed by atoms with Gasteiger partial charge in [-0.1, -0.05) is 54.6 Å². The molecule has 3 heteroatoms. The Labute approximate surface area is 120 Å². The van der Waals surface area contributed by atoms with Crippen molar-refractivity contribution in [2.45, 2.75) is 0 Å². The maximum atomic E-state index is 11.3. The van der Waals surface area contributed by atoms with Crippen LogP contribution in [-0.4, -0.2) is 5.97 Å². The van der Waals surface area contributed by atoms with Crippen LogP contribution in [-0.2, 0) is 3.07 Å². The summed E-state index contributed by atoms with van der Waals surface area (Å²) in [5, 5.41) is 0. The fraction of sp³-hybridized carbons (Fsp3) is 0. The summed E-state index contributed by atoms with van der Waals surface area (Å²) in [5.74, 6) is -0.325. The van der Waals surface area contributed by atoms with E-state index in [1.54, 1.807) is 35.1 Å². The van der Waals surface area contributed by atoms with E-state index in [0.29, 0.717) is 5.56 Å². The number of carbonyl (C=O) groups excluding carboxylic acids is 1. The first kappa shape index (κ1) is 12.8. The first-order valence-electron chi connectivity index (χ1n) is 5.46. The van der Waals surface area contributed by atoms with Crippen LogP contribution in [0.2, 0.25) is 0 Å². The number of benzene rings is 2. The van der Waals surface area contributed by atoms with Gasteiger partial charge in [0.05, 0.1) is 5.56 Å². The minimum Gasteiger partial charge on any atom is -0.391 e. The third kappa shape index (κ3) is 3.43. The van der Waals surface area contributed by atoms with Gasteiger partial charge >= 0.3 is 5.97 Å². The van der Waals surface area contributed by atoms with E-state index in [0.717, 1.165) is 11.1 Å². The van der Waals surface area contributed by atoms with Crippen LogP contribution in [0.1, 0.15) is 21.5 Å². The molecule has 0 saturated carbocycles. The molecule has 0 amide bonds. The zero-order valence-corrected chi connectivity index (χ0v) is 11.7. The van der Waals surface area contributed by atoms with Crippen LogP contribution < -0.4 is 0 Å². The lowest BCUT2D eigenvalue weighted by molar-refractivity contribution is 0.0800. The zero-order valence-electron chi connectivity index (χ0n) is 9.55. The van der Waals surface area contributed by atoms with Crippen LogP contribution in [0.4, 0.5) is 0 Å². The number of rotatable bonds is 3. The van der Waals surface area contributed by atoms with Gasteiger partial charge in [0.15, 0.2) is 23.0 Å². The lowest BCUT2D eigenvalue weighted by Gasteiger charge is -1.98. The van der Waals surface area contributed by atoms with Gasteiger partial charge in [0.1, 0.15) is 0 Å². The molecule has 2 aromatic rings. The van der Waals surface area contributed by atoms with Crippen LogP contribution >= 0.6 is 23.0 Å². The lowest BCUT2D eigenvalue weighted by atomic mass is 10.1. The molecule has 0 aromatic heterocycles. The predicted molar refractivity (Wildman–Crippen MR) is 81.2 cm³/mol. The zero-order chi connectivity index (χ0) is 12.8.